The van der Waals surface area contributed by atoms with Crippen LogP contribution in [-0.2, 0) is 17.6 Å². The molecular formula is C18H18ClNO3Se. The molecule has 0 spiro atoms. The maximum absolute atomic E-state index is 12.5. The van der Waals surface area contributed by atoms with E-state index in [1.165, 1.54) is 4.44 Å². The Labute approximate surface area is 151 Å². The van der Waals surface area contributed by atoms with E-state index in [1.54, 1.807) is 31.2 Å². The van der Waals surface area contributed by atoms with Gasteiger partial charge in [-0.15, -0.1) is 0 Å². The summed E-state index contributed by atoms with van der Waals surface area (Å²) in [6, 6.07) is 6.79. The summed E-state index contributed by atoms with van der Waals surface area (Å²) in [5, 5.41) is 3.45. The molecule has 0 saturated carbocycles. The van der Waals surface area contributed by atoms with E-state index >= 15 is 0 Å². The van der Waals surface area contributed by atoms with Gasteiger partial charge in [0.25, 0.3) is 0 Å². The molecule has 0 unspecified atom stereocenters. The monoisotopic (exact) mass is 411 g/mol. The second kappa shape index (κ2) is 7.56. The molecule has 1 aliphatic rings. The second-order valence-corrected chi connectivity index (χ2v) is 8.36. The van der Waals surface area contributed by atoms with Crippen molar-refractivity contribution in [1.82, 2.24) is 0 Å². The molecule has 1 aromatic carbocycles. The van der Waals surface area contributed by atoms with Crippen LogP contribution in [0.3, 0.4) is 0 Å². The number of nitrogens with one attached hydrogen (secondary N) is 1. The fourth-order valence-electron chi connectivity index (χ4n) is 2.88. The number of esters is 1. The normalized spacial score (nSPS) is 13.2. The molecule has 2 aromatic rings. The standard InChI is InChI=1S/C18H18ClNO3Se/c1-2-23-18(22)15-13-8-3-4-9-14(13)24-17(15)20-16(21)11-6-5-7-12(19)10-11/h5-7,10H,2-4,8-9H2,1H3,(H,20,21). The van der Waals surface area contributed by atoms with E-state index in [1.807, 2.05) is 0 Å². The summed E-state index contributed by atoms with van der Waals surface area (Å²) in [7, 11) is 0. The van der Waals surface area contributed by atoms with E-state index in [9.17, 15) is 9.59 Å². The number of benzene rings is 1. The van der Waals surface area contributed by atoms with Crippen molar-refractivity contribution < 1.29 is 14.3 Å². The molecule has 1 N–H and O–H groups in total. The Kier molecular flexibility index (Phi) is 5.44. The van der Waals surface area contributed by atoms with E-state index in [0.717, 1.165) is 35.8 Å². The van der Waals surface area contributed by atoms with Gasteiger partial charge in [-0.1, -0.05) is 0 Å². The summed E-state index contributed by atoms with van der Waals surface area (Å²) in [4.78, 5) is 24.9. The average Bonchev–Trinajstić information content (AvgIpc) is 2.93. The third-order valence-corrected chi connectivity index (χ3v) is 6.73. The first kappa shape index (κ1) is 17.3. The van der Waals surface area contributed by atoms with Crippen LogP contribution in [0, 0.1) is 0 Å². The van der Waals surface area contributed by atoms with E-state index in [-0.39, 0.29) is 26.4 Å². The zero-order valence-electron chi connectivity index (χ0n) is 13.4. The van der Waals surface area contributed by atoms with Crippen molar-refractivity contribution in [3.8, 4) is 0 Å². The Morgan fingerprint density at radius 1 is 1.29 bits per heavy atom. The second-order valence-electron chi connectivity index (χ2n) is 5.60. The summed E-state index contributed by atoms with van der Waals surface area (Å²) in [5.41, 5.74) is 2.17. The van der Waals surface area contributed by atoms with Crippen molar-refractivity contribution in [1.29, 1.82) is 0 Å². The Balaban J connectivity index is 1.93. The molecule has 0 atom stereocenters. The minimum absolute atomic E-state index is 0.0217. The topological polar surface area (TPSA) is 55.4 Å². The van der Waals surface area contributed by atoms with Gasteiger partial charge in [0, 0.05) is 0 Å². The molecule has 1 aromatic heterocycles. The molecule has 3 rings (SSSR count). The molecule has 6 heteroatoms. The van der Waals surface area contributed by atoms with Gasteiger partial charge in [0.2, 0.25) is 0 Å². The molecule has 24 heavy (non-hydrogen) atoms. The molecular weight excluding hydrogens is 393 g/mol. The van der Waals surface area contributed by atoms with Crippen molar-refractivity contribution in [2.45, 2.75) is 32.6 Å². The van der Waals surface area contributed by atoms with Crippen LogP contribution in [0.2, 0.25) is 5.02 Å². The number of amides is 1. The number of halogens is 1. The van der Waals surface area contributed by atoms with Gasteiger partial charge in [0.15, 0.2) is 0 Å². The van der Waals surface area contributed by atoms with Gasteiger partial charge in [-0.25, -0.2) is 0 Å². The fraction of sp³-hybridized carbons (Fsp3) is 0.333. The van der Waals surface area contributed by atoms with Crippen molar-refractivity contribution in [3.63, 3.8) is 0 Å². The first-order chi connectivity index (χ1) is 11.6. The summed E-state index contributed by atoms with van der Waals surface area (Å²) in [6.07, 6.45) is 4.12. The molecule has 1 amide bonds. The van der Waals surface area contributed by atoms with E-state index in [0.29, 0.717) is 22.8 Å². The Morgan fingerprint density at radius 2 is 2.08 bits per heavy atom. The Morgan fingerprint density at radius 3 is 2.83 bits per heavy atom. The zero-order valence-corrected chi connectivity index (χ0v) is 15.8. The van der Waals surface area contributed by atoms with Gasteiger partial charge < -0.3 is 0 Å². The van der Waals surface area contributed by atoms with Crippen LogP contribution >= 0.6 is 11.6 Å². The molecule has 126 valence electrons. The first-order valence-electron chi connectivity index (χ1n) is 7.98. The maximum atomic E-state index is 12.5. The number of carbonyl (C=O) groups excluding carboxylic acids is 2. The SMILES string of the molecule is CCOC(=O)c1c(NC(=O)c2cccc(Cl)c2)[se]c2c1CCCC2. The minimum atomic E-state index is -0.326. The summed E-state index contributed by atoms with van der Waals surface area (Å²) in [6.45, 7) is 2.12. The molecule has 0 saturated heterocycles. The average molecular weight is 411 g/mol. The number of aryl methyl sites for hydroxylation is 1. The van der Waals surface area contributed by atoms with Gasteiger partial charge >= 0.3 is 152 Å². The Hall–Kier alpha value is -1.55. The molecule has 1 aliphatic carbocycles. The van der Waals surface area contributed by atoms with Crippen LogP contribution < -0.4 is 5.32 Å². The summed E-state index contributed by atoms with van der Waals surface area (Å²) in [5.74, 6) is -0.566. The van der Waals surface area contributed by atoms with Gasteiger partial charge in [0.05, 0.1) is 0 Å². The van der Waals surface area contributed by atoms with E-state index in [2.05, 4.69) is 5.32 Å². The van der Waals surface area contributed by atoms with Gasteiger partial charge in [-0.05, 0) is 0 Å². The zero-order chi connectivity index (χ0) is 17.1. The molecule has 0 bridgehead atoms. The van der Waals surface area contributed by atoms with Crippen molar-refractivity contribution in [3.05, 3.63) is 50.4 Å². The molecule has 0 fully saturated rings. The van der Waals surface area contributed by atoms with Gasteiger partial charge in [-0.3, -0.25) is 0 Å². The predicted octanol–water partition coefficient (Wildman–Crippen LogP) is 3.70. The van der Waals surface area contributed by atoms with Crippen molar-refractivity contribution >= 4 is 42.5 Å². The number of anilines is 1. The van der Waals surface area contributed by atoms with Crippen molar-refractivity contribution in [2.24, 2.45) is 0 Å². The van der Waals surface area contributed by atoms with Gasteiger partial charge in [-0.2, -0.15) is 0 Å². The van der Waals surface area contributed by atoms with Crippen LogP contribution in [0.5, 0.6) is 0 Å². The summed E-state index contributed by atoms with van der Waals surface area (Å²) < 4.78 is 7.26. The number of hydrogen-bond donors (Lipinski definition) is 1. The number of rotatable bonds is 4. The Bertz CT molecular complexity index is 785. The van der Waals surface area contributed by atoms with Gasteiger partial charge in [0.1, 0.15) is 0 Å². The molecule has 1 heterocycles. The third-order valence-electron chi connectivity index (χ3n) is 3.96. The van der Waals surface area contributed by atoms with Crippen molar-refractivity contribution in [2.75, 3.05) is 11.9 Å². The number of fused-ring (bicyclic) bond motifs is 1. The quantitative estimate of drug-likeness (QED) is 0.617. The number of carbonyl (C=O) groups is 2. The summed E-state index contributed by atoms with van der Waals surface area (Å²) >= 11 is 5.93. The fourth-order valence-corrected chi connectivity index (χ4v) is 5.74. The first-order valence-corrected chi connectivity index (χ1v) is 10.1. The van der Waals surface area contributed by atoms with E-state index < -0.39 is 0 Å². The number of hydrogen-bond acceptors (Lipinski definition) is 3. The van der Waals surface area contributed by atoms with Crippen LogP contribution in [-0.4, -0.2) is 33.0 Å². The predicted molar refractivity (Wildman–Crippen MR) is 95.4 cm³/mol. The molecule has 0 radical (unpaired) electrons. The van der Waals surface area contributed by atoms with Crippen LogP contribution in [0.15, 0.2) is 24.3 Å². The van der Waals surface area contributed by atoms with Crippen LogP contribution in [0.1, 0.15) is 50.5 Å². The molecule has 0 aliphatic heterocycles. The van der Waals surface area contributed by atoms with Crippen LogP contribution in [0.25, 0.3) is 0 Å². The number of ether oxygens (including phenoxy) is 1. The third kappa shape index (κ3) is 3.59. The molecule has 4 nitrogen and oxygen atoms in total. The van der Waals surface area contributed by atoms with Crippen LogP contribution in [0.4, 0.5) is 4.56 Å². The van der Waals surface area contributed by atoms with E-state index in [4.69, 9.17) is 16.3 Å².